The molecule has 3 aromatic carbocycles. The highest BCUT2D eigenvalue weighted by Crippen LogP contribution is 2.48. The molecule has 0 radical (unpaired) electrons. The van der Waals surface area contributed by atoms with Gasteiger partial charge in [-0.2, -0.15) is 0 Å². The number of benzene rings is 3. The predicted octanol–water partition coefficient (Wildman–Crippen LogP) is 7.39. The molecule has 2 aliphatic heterocycles. The number of fused-ring (bicyclic) bond motifs is 2. The van der Waals surface area contributed by atoms with Crippen LogP contribution < -0.4 is 4.90 Å². The second-order valence-electron chi connectivity index (χ2n) is 8.57. The summed E-state index contributed by atoms with van der Waals surface area (Å²) in [6, 6.07) is 22.4. The van der Waals surface area contributed by atoms with Gasteiger partial charge in [0.15, 0.2) is 0 Å². The van der Waals surface area contributed by atoms with Crippen LogP contribution in [-0.2, 0) is 5.60 Å². The summed E-state index contributed by atoms with van der Waals surface area (Å²) in [6.45, 7) is 3.74. The lowest BCUT2D eigenvalue weighted by atomic mass is 9.84. The lowest BCUT2D eigenvalue weighted by Crippen LogP contribution is -2.43. The highest BCUT2D eigenvalue weighted by Gasteiger charge is 2.34. The lowest BCUT2D eigenvalue weighted by Gasteiger charge is -2.39. The van der Waals surface area contributed by atoms with Crippen LogP contribution in [0.2, 0.25) is 10.0 Å². The summed E-state index contributed by atoms with van der Waals surface area (Å²) in [4.78, 5) is 7.40. The summed E-state index contributed by atoms with van der Waals surface area (Å²) in [7, 11) is 0. The Labute approximate surface area is 216 Å². The molecule has 1 saturated heterocycles. The number of hydrogen-bond donors (Lipinski definition) is 1. The minimum Gasteiger partial charge on any atom is -0.385 e. The molecule has 174 valence electrons. The Hall–Kier alpha value is -1.40. The second-order valence-corrected chi connectivity index (χ2v) is 10.5. The van der Waals surface area contributed by atoms with Crippen molar-refractivity contribution in [3.8, 4) is 0 Å². The molecule has 3 nitrogen and oxygen atoms in total. The van der Waals surface area contributed by atoms with Crippen LogP contribution in [0.4, 0.5) is 11.4 Å². The first-order chi connectivity index (χ1) is 15.5. The summed E-state index contributed by atoms with van der Waals surface area (Å²) >= 11 is 14.2. The third-order valence-electron chi connectivity index (χ3n) is 6.51. The monoisotopic (exact) mass is 520 g/mol. The Bertz CT molecular complexity index is 1100. The molecule has 3 aromatic rings. The van der Waals surface area contributed by atoms with E-state index in [0.29, 0.717) is 5.02 Å². The lowest BCUT2D eigenvalue weighted by molar-refractivity contribution is -0.0258. The Morgan fingerprint density at radius 2 is 1.48 bits per heavy atom. The van der Waals surface area contributed by atoms with Crippen molar-refractivity contribution in [2.45, 2.75) is 34.7 Å². The molecule has 0 aromatic heterocycles. The van der Waals surface area contributed by atoms with Crippen LogP contribution in [0.5, 0.6) is 0 Å². The fourth-order valence-corrected chi connectivity index (χ4v) is 6.06. The largest absolute Gasteiger partial charge is 0.385 e. The fraction of sp³-hybridized carbons (Fsp3) is 0.308. The van der Waals surface area contributed by atoms with E-state index in [9.17, 15) is 5.11 Å². The van der Waals surface area contributed by atoms with Crippen molar-refractivity contribution in [3.63, 3.8) is 0 Å². The van der Waals surface area contributed by atoms with E-state index in [-0.39, 0.29) is 12.4 Å². The maximum Gasteiger partial charge on any atom is 0.0920 e. The van der Waals surface area contributed by atoms with E-state index in [0.717, 1.165) is 56.0 Å². The van der Waals surface area contributed by atoms with Gasteiger partial charge in [-0.3, -0.25) is 0 Å². The van der Waals surface area contributed by atoms with Crippen molar-refractivity contribution >= 4 is 58.7 Å². The van der Waals surface area contributed by atoms with E-state index in [1.807, 2.05) is 42.1 Å². The molecule has 0 atom stereocenters. The van der Waals surface area contributed by atoms with Crippen molar-refractivity contribution in [1.82, 2.24) is 4.90 Å². The highest BCUT2D eigenvalue weighted by atomic mass is 35.5. The molecule has 0 aliphatic carbocycles. The molecular formula is C26H27Cl3N2OS. The molecule has 2 heterocycles. The van der Waals surface area contributed by atoms with Crippen molar-refractivity contribution in [2.75, 3.05) is 31.1 Å². The molecule has 0 saturated carbocycles. The Kier molecular flexibility index (Phi) is 7.84. The van der Waals surface area contributed by atoms with Crippen LogP contribution in [0.15, 0.2) is 76.5 Å². The molecular weight excluding hydrogens is 495 g/mol. The number of rotatable bonds is 5. The number of halogens is 3. The van der Waals surface area contributed by atoms with E-state index >= 15 is 0 Å². The number of piperidine rings is 1. The Morgan fingerprint density at radius 1 is 0.818 bits per heavy atom. The van der Waals surface area contributed by atoms with Gasteiger partial charge in [0.1, 0.15) is 0 Å². The predicted molar refractivity (Wildman–Crippen MR) is 142 cm³/mol. The number of hydrogen-bond acceptors (Lipinski definition) is 4. The van der Waals surface area contributed by atoms with Gasteiger partial charge in [0, 0.05) is 39.5 Å². The smallest absolute Gasteiger partial charge is 0.0920 e. The average Bonchev–Trinajstić information content (AvgIpc) is 2.80. The quantitative estimate of drug-likeness (QED) is 0.378. The molecule has 5 rings (SSSR count). The van der Waals surface area contributed by atoms with Crippen molar-refractivity contribution < 1.29 is 5.11 Å². The number of anilines is 2. The van der Waals surface area contributed by atoms with E-state index in [4.69, 9.17) is 23.2 Å². The molecule has 1 N–H and O–H groups in total. The Morgan fingerprint density at radius 3 is 2.24 bits per heavy atom. The molecule has 33 heavy (non-hydrogen) atoms. The first kappa shape index (κ1) is 24.7. The maximum atomic E-state index is 11.1. The van der Waals surface area contributed by atoms with Crippen LogP contribution in [0.1, 0.15) is 24.8 Å². The fourth-order valence-electron chi connectivity index (χ4n) is 4.69. The molecule has 0 bridgehead atoms. The third kappa shape index (κ3) is 5.32. The minimum absolute atomic E-state index is 0. The van der Waals surface area contributed by atoms with Gasteiger partial charge in [-0.15, -0.1) is 12.4 Å². The van der Waals surface area contributed by atoms with Gasteiger partial charge in [-0.05, 0) is 73.8 Å². The van der Waals surface area contributed by atoms with Gasteiger partial charge < -0.3 is 14.9 Å². The summed E-state index contributed by atoms with van der Waals surface area (Å²) in [5.74, 6) is 0. The van der Waals surface area contributed by atoms with Gasteiger partial charge in [0.25, 0.3) is 0 Å². The highest BCUT2D eigenvalue weighted by molar-refractivity contribution is 7.99. The molecule has 2 aliphatic rings. The standard InChI is InChI=1S/C26H26Cl2N2OS.ClH/c27-20-8-6-19(7-9-20)26(31)12-16-29(17-13-26)14-3-15-30-22-4-1-2-5-24(22)32-25-11-10-21(28)18-23(25)30;/h1-2,4-11,18,31H,3,12-17H2;1H. The second kappa shape index (κ2) is 10.5. The van der Waals surface area contributed by atoms with Gasteiger partial charge in [-0.25, -0.2) is 0 Å². The zero-order valence-corrected chi connectivity index (χ0v) is 21.4. The molecule has 1 fully saturated rings. The van der Waals surface area contributed by atoms with Crippen LogP contribution in [0.25, 0.3) is 0 Å². The van der Waals surface area contributed by atoms with Crippen molar-refractivity contribution in [1.29, 1.82) is 0 Å². The first-order valence-corrected chi connectivity index (χ1v) is 12.6. The average molecular weight is 522 g/mol. The van der Waals surface area contributed by atoms with Crippen LogP contribution in [0.3, 0.4) is 0 Å². The zero-order valence-electron chi connectivity index (χ0n) is 18.2. The van der Waals surface area contributed by atoms with Crippen LogP contribution >= 0.6 is 47.4 Å². The zero-order chi connectivity index (χ0) is 22.1. The third-order valence-corrected chi connectivity index (χ3v) is 8.13. The van der Waals surface area contributed by atoms with Gasteiger partial charge in [-0.1, -0.05) is 59.2 Å². The van der Waals surface area contributed by atoms with Crippen molar-refractivity contribution in [3.05, 3.63) is 82.3 Å². The number of nitrogens with zero attached hydrogens (tertiary/aromatic N) is 2. The van der Waals surface area contributed by atoms with Gasteiger partial charge in [0.2, 0.25) is 0 Å². The molecule has 0 spiro atoms. The number of likely N-dealkylation sites (tertiary alicyclic amines) is 1. The SMILES string of the molecule is Cl.OC1(c2ccc(Cl)cc2)CCN(CCCN2c3ccccc3Sc3ccc(Cl)cc32)CC1. The van der Waals surface area contributed by atoms with Crippen LogP contribution in [-0.4, -0.2) is 36.2 Å². The number of para-hydroxylation sites is 1. The summed E-state index contributed by atoms with van der Waals surface area (Å²) in [6.07, 6.45) is 2.54. The summed E-state index contributed by atoms with van der Waals surface area (Å²) in [5, 5.41) is 12.6. The van der Waals surface area contributed by atoms with Gasteiger partial charge in [0.05, 0.1) is 17.0 Å². The van der Waals surface area contributed by atoms with E-state index in [1.165, 1.54) is 21.2 Å². The number of aliphatic hydroxyl groups is 1. The van der Waals surface area contributed by atoms with Crippen molar-refractivity contribution in [2.24, 2.45) is 0 Å². The van der Waals surface area contributed by atoms with E-state index in [2.05, 4.69) is 46.2 Å². The maximum absolute atomic E-state index is 11.1. The van der Waals surface area contributed by atoms with Crippen LogP contribution in [0, 0.1) is 0 Å². The minimum atomic E-state index is -0.750. The molecule has 0 amide bonds. The first-order valence-electron chi connectivity index (χ1n) is 11.1. The summed E-state index contributed by atoms with van der Waals surface area (Å²) < 4.78 is 0. The Balaban J connectivity index is 0.00000259. The summed E-state index contributed by atoms with van der Waals surface area (Å²) in [5.41, 5.74) is 2.66. The van der Waals surface area contributed by atoms with E-state index < -0.39 is 5.60 Å². The van der Waals surface area contributed by atoms with Gasteiger partial charge >= 0.3 is 0 Å². The molecule has 0 unspecified atom stereocenters. The van der Waals surface area contributed by atoms with E-state index in [1.54, 1.807) is 0 Å². The topological polar surface area (TPSA) is 26.7 Å². The molecule has 7 heteroatoms. The normalized spacial score (nSPS) is 17.1.